The van der Waals surface area contributed by atoms with Gasteiger partial charge in [-0.25, -0.2) is 4.79 Å². The summed E-state index contributed by atoms with van der Waals surface area (Å²) in [7, 11) is 2.95. The lowest BCUT2D eigenvalue weighted by molar-refractivity contribution is -0.127. The first-order chi connectivity index (χ1) is 8.08. The van der Waals surface area contributed by atoms with Gasteiger partial charge in [-0.2, -0.15) is 0 Å². The SMILES string of the molecule is COC(=O)c1ccc(CN(C)C(=O)CCl)nc1. The van der Waals surface area contributed by atoms with Gasteiger partial charge in [0.25, 0.3) is 0 Å². The fourth-order valence-electron chi connectivity index (χ4n) is 1.19. The van der Waals surface area contributed by atoms with Crippen molar-refractivity contribution in [2.75, 3.05) is 20.0 Å². The summed E-state index contributed by atoms with van der Waals surface area (Å²) in [6.07, 6.45) is 1.42. The van der Waals surface area contributed by atoms with E-state index < -0.39 is 5.97 Å². The quantitative estimate of drug-likeness (QED) is 0.597. The Morgan fingerprint density at radius 2 is 2.18 bits per heavy atom. The van der Waals surface area contributed by atoms with Gasteiger partial charge in [0.2, 0.25) is 5.91 Å². The van der Waals surface area contributed by atoms with E-state index in [0.29, 0.717) is 17.8 Å². The van der Waals surface area contributed by atoms with Crippen molar-refractivity contribution < 1.29 is 14.3 Å². The molecule has 0 aromatic carbocycles. The van der Waals surface area contributed by atoms with E-state index in [1.165, 1.54) is 18.2 Å². The Morgan fingerprint density at radius 3 is 2.65 bits per heavy atom. The van der Waals surface area contributed by atoms with Crippen molar-refractivity contribution in [1.82, 2.24) is 9.88 Å². The zero-order chi connectivity index (χ0) is 12.8. The summed E-state index contributed by atoms with van der Waals surface area (Å²) in [6.45, 7) is 0.354. The normalized spacial score (nSPS) is 9.82. The maximum absolute atomic E-state index is 11.2. The summed E-state index contributed by atoms with van der Waals surface area (Å²) in [5, 5.41) is 0. The van der Waals surface area contributed by atoms with E-state index in [-0.39, 0.29) is 11.8 Å². The number of ether oxygens (including phenoxy) is 1. The lowest BCUT2D eigenvalue weighted by Gasteiger charge is -2.14. The molecule has 0 saturated heterocycles. The Kier molecular flexibility index (Phi) is 4.90. The van der Waals surface area contributed by atoms with Crippen molar-refractivity contribution in [1.29, 1.82) is 0 Å². The molecule has 0 fully saturated rings. The summed E-state index contributed by atoms with van der Waals surface area (Å²) in [5.74, 6) is -0.670. The molecule has 17 heavy (non-hydrogen) atoms. The summed E-state index contributed by atoms with van der Waals surface area (Å²) in [5.41, 5.74) is 1.06. The van der Waals surface area contributed by atoms with Crippen LogP contribution in [0.4, 0.5) is 0 Å². The number of hydrogen-bond acceptors (Lipinski definition) is 4. The minimum absolute atomic E-state index is 0.0588. The average molecular weight is 257 g/mol. The molecule has 1 amide bonds. The molecule has 0 aliphatic carbocycles. The molecule has 0 bridgehead atoms. The molecule has 1 rings (SSSR count). The molecular formula is C11H13ClN2O3. The van der Waals surface area contributed by atoms with Crippen LogP contribution in [0.25, 0.3) is 0 Å². The van der Waals surface area contributed by atoms with Gasteiger partial charge in [0.15, 0.2) is 0 Å². The highest BCUT2D eigenvalue weighted by molar-refractivity contribution is 6.27. The molecule has 0 atom stereocenters. The number of aromatic nitrogens is 1. The molecule has 1 aromatic rings. The number of pyridine rings is 1. The van der Waals surface area contributed by atoms with Gasteiger partial charge in [-0.3, -0.25) is 9.78 Å². The maximum atomic E-state index is 11.2. The van der Waals surface area contributed by atoms with Gasteiger partial charge in [0.05, 0.1) is 24.9 Å². The van der Waals surface area contributed by atoms with Crippen LogP contribution in [0.3, 0.4) is 0 Å². The van der Waals surface area contributed by atoms with Crippen LogP contribution in [0.15, 0.2) is 18.3 Å². The molecule has 0 unspecified atom stereocenters. The first-order valence-corrected chi connectivity index (χ1v) is 5.45. The molecule has 1 aromatic heterocycles. The van der Waals surface area contributed by atoms with E-state index in [4.69, 9.17) is 11.6 Å². The highest BCUT2D eigenvalue weighted by atomic mass is 35.5. The van der Waals surface area contributed by atoms with Crippen molar-refractivity contribution in [2.24, 2.45) is 0 Å². The van der Waals surface area contributed by atoms with Crippen LogP contribution in [-0.2, 0) is 16.1 Å². The van der Waals surface area contributed by atoms with Crippen LogP contribution >= 0.6 is 11.6 Å². The van der Waals surface area contributed by atoms with Crippen molar-refractivity contribution >= 4 is 23.5 Å². The lowest BCUT2D eigenvalue weighted by atomic mass is 10.2. The third-order valence-corrected chi connectivity index (χ3v) is 2.41. The number of halogens is 1. The standard InChI is InChI=1S/C11H13ClN2O3/c1-14(10(15)5-12)7-9-4-3-8(6-13-9)11(16)17-2/h3-4,6H,5,7H2,1-2H3. The zero-order valence-electron chi connectivity index (χ0n) is 9.64. The van der Waals surface area contributed by atoms with Gasteiger partial charge in [-0.15, -0.1) is 11.6 Å². The molecule has 0 aliphatic heterocycles. The molecular weight excluding hydrogens is 244 g/mol. The molecule has 92 valence electrons. The Bertz CT molecular complexity index is 406. The first-order valence-electron chi connectivity index (χ1n) is 4.91. The van der Waals surface area contributed by atoms with Gasteiger partial charge in [-0.1, -0.05) is 0 Å². The lowest BCUT2D eigenvalue weighted by Crippen LogP contribution is -2.27. The van der Waals surface area contributed by atoms with Crippen molar-refractivity contribution in [3.8, 4) is 0 Å². The second-order valence-corrected chi connectivity index (χ2v) is 3.68. The molecule has 1 heterocycles. The average Bonchev–Trinajstić information content (AvgIpc) is 2.37. The van der Waals surface area contributed by atoms with E-state index in [1.54, 1.807) is 19.2 Å². The molecule has 0 radical (unpaired) electrons. The maximum Gasteiger partial charge on any atom is 0.339 e. The Morgan fingerprint density at radius 1 is 1.47 bits per heavy atom. The number of carbonyl (C=O) groups is 2. The fraction of sp³-hybridized carbons (Fsp3) is 0.364. The van der Waals surface area contributed by atoms with Crippen LogP contribution in [0.2, 0.25) is 0 Å². The second-order valence-electron chi connectivity index (χ2n) is 3.41. The van der Waals surface area contributed by atoms with Gasteiger partial charge in [-0.05, 0) is 12.1 Å². The third kappa shape index (κ3) is 3.71. The van der Waals surface area contributed by atoms with Crippen LogP contribution < -0.4 is 0 Å². The zero-order valence-corrected chi connectivity index (χ0v) is 10.4. The summed E-state index contributed by atoms with van der Waals surface area (Å²) in [4.78, 5) is 27.9. The number of esters is 1. The first kappa shape index (κ1) is 13.4. The minimum atomic E-state index is -0.436. The summed E-state index contributed by atoms with van der Waals surface area (Å²) < 4.78 is 4.55. The number of hydrogen-bond donors (Lipinski definition) is 0. The number of amides is 1. The molecule has 6 heteroatoms. The number of alkyl halides is 1. The predicted molar refractivity (Wildman–Crippen MR) is 62.8 cm³/mol. The third-order valence-electron chi connectivity index (χ3n) is 2.19. The second kappa shape index (κ2) is 6.20. The summed E-state index contributed by atoms with van der Waals surface area (Å²) in [6, 6.07) is 3.28. The van der Waals surface area contributed by atoms with Crippen molar-refractivity contribution in [3.05, 3.63) is 29.6 Å². The monoisotopic (exact) mass is 256 g/mol. The predicted octanol–water partition coefficient (Wildman–Crippen LogP) is 1.07. The largest absolute Gasteiger partial charge is 0.465 e. The van der Waals surface area contributed by atoms with Crippen LogP contribution in [0.5, 0.6) is 0 Å². The molecule has 0 N–H and O–H groups in total. The van der Waals surface area contributed by atoms with Gasteiger partial charge >= 0.3 is 5.97 Å². The van der Waals surface area contributed by atoms with E-state index in [9.17, 15) is 9.59 Å². The minimum Gasteiger partial charge on any atom is -0.465 e. The van der Waals surface area contributed by atoms with Gasteiger partial charge < -0.3 is 9.64 Å². The van der Waals surface area contributed by atoms with E-state index >= 15 is 0 Å². The fourth-order valence-corrected chi connectivity index (χ4v) is 1.39. The highest BCUT2D eigenvalue weighted by Gasteiger charge is 2.09. The molecule has 0 saturated carbocycles. The number of methoxy groups -OCH3 is 1. The molecule has 5 nitrogen and oxygen atoms in total. The Labute approximate surface area is 104 Å². The van der Waals surface area contributed by atoms with Gasteiger partial charge in [0, 0.05) is 13.2 Å². The topological polar surface area (TPSA) is 59.5 Å². The van der Waals surface area contributed by atoms with E-state index in [2.05, 4.69) is 9.72 Å². The van der Waals surface area contributed by atoms with E-state index in [1.807, 2.05) is 0 Å². The van der Waals surface area contributed by atoms with Crippen LogP contribution in [0.1, 0.15) is 16.1 Å². The smallest absolute Gasteiger partial charge is 0.339 e. The van der Waals surface area contributed by atoms with Crippen LogP contribution in [-0.4, -0.2) is 41.8 Å². The Hall–Kier alpha value is -1.62. The van der Waals surface area contributed by atoms with Crippen molar-refractivity contribution in [3.63, 3.8) is 0 Å². The van der Waals surface area contributed by atoms with Crippen LogP contribution in [0, 0.1) is 0 Å². The number of nitrogens with zero attached hydrogens (tertiary/aromatic N) is 2. The van der Waals surface area contributed by atoms with Crippen molar-refractivity contribution in [2.45, 2.75) is 6.54 Å². The van der Waals surface area contributed by atoms with E-state index in [0.717, 1.165) is 0 Å². The Balaban J connectivity index is 2.68. The molecule has 0 spiro atoms. The van der Waals surface area contributed by atoms with Gasteiger partial charge in [0.1, 0.15) is 5.88 Å². The molecule has 0 aliphatic rings. The number of carbonyl (C=O) groups excluding carboxylic acids is 2. The number of rotatable bonds is 4. The summed E-state index contributed by atoms with van der Waals surface area (Å²) >= 11 is 5.43. The highest BCUT2D eigenvalue weighted by Crippen LogP contribution is 2.04.